The van der Waals surface area contributed by atoms with Crippen LogP contribution in [0, 0.1) is 17.8 Å². The number of hydrogen-bond donors (Lipinski definition) is 0. The van der Waals surface area contributed by atoms with Crippen LogP contribution >= 0.6 is 0 Å². The van der Waals surface area contributed by atoms with E-state index in [0.717, 1.165) is 17.8 Å². The van der Waals surface area contributed by atoms with E-state index in [0.29, 0.717) is 0 Å². The molecule has 2 fully saturated rings. The third-order valence-electron chi connectivity index (χ3n) is 2.80. The normalized spacial score (nSPS) is 54.0. The lowest BCUT2D eigenvalue weighted by Crippen LogP contribution is -2.18. The van der Waals surface area contributed by atoms with Crippen molar-refractivity contribution in [2.45, 2.75) is 6.92 Å². The van der Waals surface area contributed by atoms with E-state index < -0.39 is 0 Å². The Labute approximate surface area is 50.7 Å². The van der Waals surface area contributed by atoms with Gasteiger partial charge in [0, 0.05) is 13.1 Å². The molecule has 0 aromatic heterocycles. The molecule has 0 bridgehead atoms. The third kappa shape index (κ3) is 0.455. The number of fused-ring (bicyclic) bond motifs is 1. The largest absolute Gasteiger partial charge is 0.306 e. The van der Waals surface area contributed by atoms with E-state index in [1.54, 1.807) is 0 Å². The summed E-state index contributed by atoms with van der Waals surface area (Å²) in [6.45, 7) is 5.11. The van der Waals surface area contributed by atoms with Gasteiger partial charge in [0.25, 0.3) is 0 Å². The van der Waals surface area contributed by atoms with Gasteiger partial charge in [-0.05, 0) is 24.8 Å². The molecule has 2 atom stereocenters. The maximum Gasteiger partial charge on any atom is 0.00126 e. The second kappa shape index (κ2) is 1.27. The van der Waals surface area contributed by atoms with Crippen LogP contribution in [0.1, 0.15) is 6.92 Å². The zero-order valence-corrected chi connectivity index (χ0v) is 5.59. The molecule has 46 valence electrons. The van der Waals surface area contributed by atoms with Crippen LogP contribution in [0.5, 0.6) is 0 Å². The quantitative estimate of drug-likeness (QED) is 0.447. The van der Waals surface area contributed by atoms with E-state index in [1.165, 1.54) is 13.1 Å². The van der Waals surface area contributed by atoms with Gasteiger partial charge in [0.05, 0.1) is 0 Å². The molecule has 2 rings (SSSR count). The molecule has 1 saturated heterocycles. The second-order valence-corrected chi connectivity index (χ2v) is 3.41. The van der Waals surface area contributed by atoms with Crippen LogP contribution in [0.25, 0.3) is 0 Å². The Morgan fingerprint density at radius 3 is 2.12 bits per heavy atom. The van der Waals surface area contributed by atoms with Gasteiger partial charge < -0.3 is 4.90 Å². The molecule has 8 heavy (non-hydrogen) atoms. The highest BCUT2D eigenvalue weighted by molar-refractivity contribution is 5.01. The molecule has 1 aliphatic carbocycles. The highest BCUT2D eigenvalue weighted by atomic mass is 15.1. The van der Waals surface area contributed by atoms with Gasteiger partial charge in [-0.1, -0.05) is 6.92 Å². The highest BCUT2D eigenvalue weighted by Crippen LogP contribution is 2.50. The maximum atomic E-state index is 2.44. The van der Waals surface area contributed by atoms with Gasteiger partial charge in [0.15, 0.2) is 0 Å². The van der Waals surface area contributed by atoms with Gasteiger partial charge >= 0.3 is 0 Å². The maximum absolute atomic E-state index is 2.44. The molecular formula is C7H13N. The number of hydrogen-bond acceptors (Lipinski definition) is 1. The van der Waals surface area contributed by atoms with Gasteiger partial charge in [-0.2, -0.15) is 0 Å². The molecule has 1 aliphatic heterocycles. The predicted octanol–water partition coefficient (Wildman–Crippen LogP) is 0.814. The van der Waals surface area contributed by atoms with E-state index in [-0.39, 0.29) is 0 Å². The fourth-order valence-electron chi connectivity index (χ4n) is 2.03. The van der Waals surface area contributed by atoms with Crippen LogP contribution in [0.3, 0.4) is 0 Å². The van der Waals surface area contributed by atoms with Crippen LogP contribution in [-0.2, 0) is 0 Å². The first-order valence-electron chi connectivity index (χ1n) is 3.47. The minimum atomic E-state index is 1.06. The molecule has 1 saturated carbocycles. The lowest BCUT2D eigenvalue weighted by Gasteiger charge is -2.09. The number of nitrogens with zero attached hydrogens (tertiary/aromatic N) is 1. The number of likely N-dealkylation sites (tertiary alicyclic amines) is 1. The molecule has 0 N–H and O–H groups in total. The van der Waals surface area contributed by atoms with Crippen molar-refractivity contribution >= 4 is 0 Å². The highest BCUT2D eigenvalue weighted by Gasteiger charge is 2.51. The van der Waals surface area contributed by atoms with Crippen molar-refractivity contribution in [2.75, 3.05) is 20.1 Å². The first kappa shape index (κ1) is 4.80. The van der Waals surface area contributed by atoms with Crippen molar-refractivity contribution in [2.24, 2.45) is 17.8 Å². The Morgan fingerprint density at radius 1 is 1.25 bits per heavy atom. The number of piperidine rings is 1. The topological polar surface area (TPSA) is 3.24 Å². The molecule has 2 unspecified atom stereocenters. The minimum absolute atomic E-state index is 1.06. The molecule has 0 aromatic rings. The van der Waals surface area contributed by atoms with Gasteiger partial charge in [0.1, 0.15) is 0 Å². The molecule has 0 spiro atoms. The second-order valence-electron chi connectivity index (χ2n) is 3.41. The smallest absolute Gasteiger partial charge is 0.00126 e. The van der Waals surface area contributed by atoms with E-state index in [1.807, 2.05) is 0 Å². The fraction of sp³-hybridized carbons (Fsp3) is 1.00. The summed E-state index contributed by atoms with van der Waals surface area (Å²) in [5, 5.41) is 0. The van der Waals surface area contributed by atoms with Gasteiger partial charge in [0.2, 0.25) is 0 Å². The minimum Gasteiger partial charge on any atom is -0.306 e. The summed E-state index contributed by atoms with van der Waals surface area (Å²) in [7, 11) is 2.22. The molecule has 1 heterocycles. The van der Waals surface area contributed by atoms with Crippen LogP contribution in [0.15, 0.2) is 0 Å². The Hall–Kier alpha value is -0.0400. The number of rotatable bonds is 0. The third-order valence-corrected chi connectivity index (χ3v) is 2.80. The zero-order valence-electron chi connectivity index (χ0n) is 5.59. The summed E-state index contributed by atoms with van der Waals surface area (Å²) in [4.78, 5) is 2.44. The zero-order chi connectivity index (χ0) is 5.72. The van der Waals surface area contributed by atoms with E-state index in [4.69, 9.17) is 0 Å². The summed E-state index contributed by atoms with van der Waals surface area (Å²) in [6.07, 6.45) is 0. The first-order chi connectivity index (χ1) is 3.79. The molecule has 1 nitrogen and oxygen atoms in total. The van der Waals surface area contributed by atoms with Crippen molar-refractivity contribution in [1.29, 1.82) is 0 Å². The Bertz CT molecular complexity index is 99.0. The first-order valence-corrected chi connectivity index (χ1v) is 3.47. The standard InChI is InChI=1S/C7H13N/c1-5-6-3-8(2)4-7(5)6/h5-7H,3-4H2,1-2H3. The van der Waals surface area contributed by atoms with E-state index in [9.17, 15) is 0 Å². The molecular weight excluding hydrogens is 98.1 g/mol. The van der Waals surface area contributed by atoms with Crippen LogP contribution in [-0.4, -0.2) is 25.0 Å². The average Bonchev–Trinajstić information content (AvgIpc) is 2.29. The molecule has 0 aromatic carbocycles. The Kier molecular flexibility index (Phi) is 0.762. The van der Waals surface area contributed by atoms with Crippen molar-refractivity contribution in [3.63, 3.8) is 0 Å². The Balaban J connectivity index is 2.00. The van der Waals surface area contributed by atoms with Gasteiger partial charge in [-0.15, -0.1) is 0 Å². The summed E-state index contributed by atoms with van der Waals surface area (Å²) in [5.74, 6) is 3.23. The van der Waals surface area contributed by atoms with Crippen molar-refractivity contribution in [3.8, 4) is 0 Å². The van der Waals surface area contributed by atoms with Gasteiger partial charge in [-0.25, -0.2) is 0 Å². The molecule has 0 radical (unpaired) electrons. The predicted molar refractivity (Wildman–Crippen MR) is 33.6 cm³/mol. The molecule has 0 amide bonds. The summed E-state index contributed by atoms with van der Waals surface area (Å²) in [6, 6.07) is 0. The lowest BCUT2D eigenvalue weighted by atomic mass is 10.3. The Morgan fingerprint density at radius 2 is 1.75 bits per heavy atom. The summed E-state index contributed by atoms with van der Waals surface area (Å²) >= 11 is 0. The summed E-state index contributed by atoms with van der Waals surface area (Å²) in [5.41, 5.74) is 0. The molecule has 2 aliphatic rings. The van der Waals surface area contributed by atoms with Crippen molar-refractivity contribution in [1.82, 2.24) is 4.90 Å². The van der Waals surface area contributed by atoms with Crippen molar-refractivity contribution in [3.05, 3.63) is 0 Å². The van der Waals surface area contributed by atoms with Crippen LogP contribution < -0.4 is 0 Å². The molecule has 1 heteroatoms. The van der Waals surface area contributed by atoms with Gasteiger partial charge in [-0.3, -0.25) is 0 Å². The van der Waals surface area contributed by atoms with Crippen molar-refractivity contribution < 1.29 is 0 Å². The van der Waals surface area contributed by atoms with E-state index in [2.05, 4.69) is 18.9 Å². The summed E-state index contributed by atoms with van der Waals surface area (Å²) < 4.78 is 0. The van der Waals surface area contributed by atoms with Crippen LogP contribution in [0.4, 0.5) is 0 Å². The fourth-order valence-corrected chi connectivity index (χ4v) is 2.03. The average molecular weight is 111 g/mol. The SMILES string of the molecule is CC1C2CN(C)CC12. The monoisotopic (exact) mass is 111 g/mol. The lowest BCUT2D eigenvalue weighted by molar-refractivity contribution is 0.350. The van der Waals surface area contributed by atoms with Crippen LogP contribution in [0.2, 0.25) is 0 Å². The van der Waals surface area contributed by atoms with E-state index >= 15 is 0 Å².